The maximum atomic E-state index is 11.8. The fourth-order valence-corrected chi connectivity index (χ4v) is 1.79. The normalized spacial score (nSPS) is 11.6. The van der Waals surface area contributed by atoms with Crippen molar-refractivity contribution in [2.75, 3.05) is 13.2 Å². The fourth-order valence-electron chi connectivity index (χ4n) is 1.79. The first-order chi connectivity index (χ1) is 8.98. The molecule has 1 heterocycles. The van der Waals surface area contributed by atoms with Gasteiger partial charge in [-0.2, -0.15) is 5.10 Å². The highest BCUT2D eigenvalue weighted by atomic mass is 16.3. The second-order valence-electron chi connectivity index (χ2n) is 4.82. The van der Waals surface area contributed by atoms with Gasteiger partial charge in [0.15, 0.2) is 0 Å². The molecule has 108 valence electrons. The fraction of sp³-hybridized carbons (Fsp3) is 0.750. The van der Waals surface area contributed by atoms with E-state index in [1.165, 1.54) is 10.9 Å². The zero-order valence-corrected chi connectivity index (χ0v) is 11.7. The minimum absolute atomic E-state index is 0.0316. The Balaban J connectivity index is 2.57. The predicted octanol–water partition coefficient (Wildman–Crippen LogP) is -0.503. The topological polar surface area (TPSA) is 89.2 Å². The van der Waals surface area contributed by atoms with Crippen LogP contribution in [0.3, 0.4) is 0 Å². The molecule has 2 N–H and O–H groups in total. The molecule has 7 nitrogen and oxygen atoms in total. The molecular weight excluding hydrogens is 248 g/mol. The molecule has 19 heavy (non-hydrogen) atoms. The Kier molecular flexibility index (Phi) is 5.29. The first kappa shape index (κ1) is 15.4. The average Bonchev–Trinajstić information content (AvgIpc) is 2.73. The van der Waals surface area contributed by atoms with Crippen molar-refractivity contribution in [3.05, 3.63) is 16.8 Å². The lowest BCUT2D eigenvalue weighted by molar-refractivity contribution is -0.122. The minimum Gasteiger partial charge on any atom is -0.396 e. The summed E-state index contributed by atoms with van der Waals surface area (Å²) < 4.78 is 2.41. The van der Waals surface area contributed by atoms with Crippen molar-refractivity contribution in [2.45, 2.75) is 33.2 Å². The van der Waals surface area contributed by atoms with Crippen molar-refractivity contribution in [3.8, 4) is 0 Å². The number of nitrogens with one attached hydrogen (secondary N) is 1. The summed E-state index contributed by atoms with van der Waals surface area (Å²) in [6.45, 7) is 4.29. The van der Waals surface area contributed by atoms with Crippen LogP contribution in [0, 0.1) is 5.41 Å². The molecule has 0 atom stereocenters. The standard InChI is InChI=1S/C12H22N4O3/c1-4-12(5-2,8-17)7-13-10(18)6-16-11(19)15(3)9-14-16/h9,17H,4-8H2,1-3H3,(H,13,18). The van der Waals surface area contributed by atoms with E-state index in [4.69, 9.17) is 0 Å². The summed E-state index contributed by atoms with van der Waals surface area (Å²) in [5.74, 6) is -0.277. The third kappa shape index (κ3) is 3.66. The largest absolute Gasteiger partial charge is 0.396 e. The minimum atomic E-state index is -0.324. The number of aryl methyl sites for hydroxylation is 1. The van der Waals surface area contributed by atoms with E-state index in [1.54, 1.807) is 7.05 Å². The second kappa shape index (κ2) is 6.51. The van der Waals surface area contributed by atoms with Crippen LogP contribution in [-0.2, 0) is 18.4 Å². The van der Waals surface area contributed by atoms with E-state index in [0.717, 1.165) is 17.5 Å². The highest BCUT2D eigenvalue weighted by Crippen LogP contribution is 2.24. The molecule has 0 aliphatic heterocycles. The van der Waals surface area contributed by atoms with E-state index in [0.29, 0.717) is 6.54 Å². The van der Waals surface area contributed by atoms with E-state index < -0.39 is 0 Å². The zero-order chi connectivity index (χ0) is 14.5. The Morgan fingerprint density at radius 2 is 2.11 bits per heavy atom. The van der Waals surface area contributed by atoms with Crippen molar-refractivity contribution in [2.24, 2.45) is 12.5 Å². The number of carbonyl (C=O) groups excluding carboxylic acids is 1. The first-order valence-electron chi connectivity index (χ1n) is 6.44. The maximum Gasteiger partial charge on any atom is 0.345 e. The maximum absolute atomic E-state index is 11.8. The molecule has 0 radical (unpaired) electrons. The van der Waals surface area contributed by atoms with Gasteiger partial charge in [0, 0.05) is 19.0 Å². The molecule has 0 unspecified atom stereocenters. The summed E-state index contributed by atoms with van der Waals surface area (Å²) in [6.07, 6.45) is 2.93. The third-order valence-electron chi connectivity index (χ3n) is 3.68. The molecule has 0 saturated heterocycles. The zero-order valence-electron chi connectivity index (χ0n) is 11.7. The molecule has 0 aromatic carbocycles. The Hall–Kier alpha value is -1.63. The van der Waals surface area contributed by atoms with Crippen LogP contribution in [-0.4, -0.2) is 38.5 Å². The highest BCUT2D eigenvalue weighted by Gasteiger charge is 2.25. The highest BCUT2D eigenvalue weighted by molar-refractivity contribution is 5.75. The van der Waals surface area contributed by atoms with E-state index >= 15 is 0 Å². The summed E-state index contributed by atoms with van der Waals surface area (Å²) in [4.78, 5) is 23.3. The molecule has 0 fully saturated rings. The number of hydrogen-bond donors (Lipinski definition) is 2. The van der Waals surface area contributed by atoms with Gasteiger partial charge in [-0.3, -0.25) is 9.36 Å². The van der Waals surface area contributed by atoms with Crippen molar-refractivity contribution in [1.82, 2.24) is 19.7 Å². The van der Waals surface area contributed by atoms with Crippen LogP contribution >= 0.6 is 0 Å². The molecule has 1 aromatic rings. The van der Waals surface area contributed by atoms with Crippen molar-refractivity contribution in [3.63, 3.8) is 0 Å². The van der Waals surface area contributed by atoms with Gasteiger partial charge >= 0.3 is 5.69 Å². The molecule has 1 aromatic heterocycles. The quantitative estimate of drug-likeness (QED) is 0.699. The van der Waals surface area contributed by atoms with Crippen LogP contribution < -0.4 is 11.0 Å². The van der Waals surface area contributed by atoms with Crippen molar-refractivity contribution < 1.29 is 9.90 Å². The summed E-state index contributed by atoms with van der Waals surface area (Å²) in [5, 5.41) is 16.0. The van der Waals surface area contributed by atoms with Gasteiger partial charge in [-0.15, -0.1) is 0 Å². The number of rotatable bonds is 7. The lowest BCUT2D eigenvalue weighted by atomic mass is 9.83. The lowest BCUT2D eigenvalue weighted by Gasteiger charge is -2.29. The predicted molar refractivity (Wildman–Crippen MR) is 70.6 cm³/mol. The molecule has 1 rings (SSSR count). The Morgan fingerprint density at radius 3 is 2.53 bits per heavy atom. The molecule has 0 saturated carbocycles. The van der Waals surface area contributed by atoms with Crippen LogP contribution in [0.4, 0.5) is 0 Å². The van der Waals surface area contributed by atoms with E-state index in [-0.39, 0.29) is 30.2 Å². The van der Waals surface area contributed by atoms with E-state index in [1.807, 2.05) is 13.8 Å². The molecule has 0 spiro atoms. The van der Waals surface area contributed by atoms with E-state index in [9.17, 15) is 14.7 Å². The average molecular weight is 270 g/mol. The van der Waals surface area contributed by atoms with Gasteiger partial charge in [-0.25, -0.2) is 9.48 Å². The van der Waals surface area contributed by atoms with Crippen LogP contribution in [0.2, 0.25) is 0 Å². The van der Waals surface area contributed by atoms with Gasteiger partial charge < -0.3 is 10.4 Å². The number of aromatic nitrogens is 3. The number of carbonyl (C=O) groups is 1. The number of hydrogen-bond acceptors (Lipinski definition) is 4. The summed E-state index contributed by atoms with van der Waals surface area (Å²) in [7, 11) is 1.58. The lowest BCUT2D eigenvalue weighted by Crippen LogP contribution is -2.41. The molecule has 1 amide bonds. The number of aliphatic hydroxyl groups excluding tert-OH is 1. The summed E-state index contributed by atoms with van der Waals surface area (Å²) >= 11 is 0. The van der Waals surface area contributed by atoms with Gasteiger partial charge in [0.25, 0.3) is 0 Å². The summed E-state index contributed by atoms with van der Waals surface area (Å²) in [6, 6.07) is 0. The summed E-state index contributed by atoms with van der Waals surface area (Å²) in [5.41, 5.74) is -0.611. The first-order valence-corrected chi connectivity index (χ1v) is 6.44. The van der Waals surface area contributed by atoms with Crippen LogP contribution in [0.25, 0.3) is 0 Å². The van der Waals surface area contributed by atoms with E-state index in [2.05, 4.69) is 10.4 Å². The van der Waals surface area contributed by atoms with Crippen molar-refractivity contribution >= 4 is 5.91 Å². The van der Waals surface area contributed by atoms with Crippen molar-refractivity contribution in [1.29, 1.82) is 0 Å². The molecule has 7 heteroatoms. The van der Waals surface area contributed by atoms with Crippen LogP contribution in [0.1, 0.15) is 26.7 Å². The Labute approximate surface area is 112 Å². The number of aliphatic hydroxyl groups is 1. The van der Waals surface area contributed by atoms with Gasteiger partial charge in [0.05, 0.1) is 6.61 Å². The number of nitrogens with zero attached hydrogens (tertiary/aromatic N) is 3. The molecule has 0 aliphatic rings. The van der Waals surface area contributed by atoms with Gasteiger partial charge in [0.2, 0.25) is 5.91 Å². The van der Waals surface area contributed by atoms with Gasteiger partial charge in [-0.1, -0.05) is 13.8 Å². The van der Waals surface area contributed by atoms with Gasteiger partial charge in [-0.05, 0) is 12.8 Å². The van der Waals surface area contributed by atoms with Gasteiger partial charge in [0.1, 0.15) is 12.9 Å². The third-order valence-corrected chi connectivity index (χ3v) is 3.68. The Bertz CT molecular complexity index is 465. The SMILES string of the molecule is CCC(CC)(CO)CNC(=O)Cn1ncn(C)c1=O. The smallest absolute Gasteiger partial charge is 0.345 e. The molecule has 0 aliphatic carbocycles. The molecule has 0 bridgehead atoms. The van der Waals surface area contributed by atoms with Crippen LogP contribution in [0.15, 0.2) is 11.1 Å². The van der Waals surface area contributed by atoms with Crippen LogP contribution in [0.5, 0.6) is 0 Å². The second-order valence-corrected chi connectivity index (χ2v) is 4.82. The molecular formula is C12H22N4O3. The Morgan fingerprint density at radius 1 is 1.47 bits per heavy atom. The number of amides is 1. The monoisotopic (exact) mass is 270 g/mol.